The van der Waals surface area contributed by atoms with Crippen LogP contribution in [0.2, 0.25) is 0 Å². The van der Waals surface area contributed by atoms with Crippen LogP contribution in [0.3, 0.4) is 0 Å². The Balaban J connectivity index is 1.57. The molecule has 0 N–H and O–H groups in total. The number of carbonyl (C=O) groups excluding carboxylic acids is 1. The van der Waals surface area contributed by atoms with Crippen molar-refractivity contribution >= 4 is 15.9 Å². The highest BCUT2D eigenvalue weighted by molar-refractivity contribution is 7.89. The molecule has 1 aromatic carbocycles. The topological polar surface area (TPSA) is 66.9 Å². The van der Waals surface area contributed by atoms with E-state index in [1.54, 1.807) is 24.3 Å². The van der Waals surface area contributed by atoms with Crippen molar-refractivity contribution < 1.29 is 17.9 Å². The Hall–Kier alpha value is -1.44. The van der Waals surface area contributed by atoms with Gasteiger partial charge in [0.2, 0.25) is 15.9 Å². The molecule has 0 bridgehead atoms. The van der Waals surface area contributed by atoms with Crippen LogP contribution in [-0.2, 0) is 19.6 Å². The van der Waals surface area contributed by atoms with Crippen LogP contribution in [0.5, 0.6) is 0 Å². The van der Waals surface area contributed by atoms with Gasteiger partial charge in [-0.2, -0.15) is 4.31 Å². The highest BCUT2D eigenvalue weighted by Gasteiger charge is 2.45. The molecule has 1 aromatic rings. The molecule has 1 aliphatic carbocycles. The SMILES string of the molecule is Cc1ccc(S(=O)(=O)N2CCC[C@H]2C(=O)N2CCO[C@H]3CCCC[C@H]32)cc1. The first-order valence-electron chi connectivity index (χ1n) is 9.99. The minimum absolute atomic E-state index is 0.0385. The van der Waals surface area contributed by atoms with Gasteiger partial charge >= 0.3 is 0 Å². The van der Waals surface area contributed by atoms with E-state index in [1.165, 1.54) is 4.31 Å². The van der Waals surface area contributed by atoms with Crippen LogP contribution in [0.1, 0.15) is 44.1 Å². The molecule has 27 heavy (non-hydrogen) atoms. The first-order valence-corrected chi connectivity index (χ1v) is 11.4. The fourth-order valence-corrected chi connectivity index (χ4v) is 6.33. The summed E-state index contributed by atoms with van der Waals surface area (Å²) in [6, 6.07) is 6.39. The Kier molecular flexibility index (Phi) is 5.27. The summed E-state index contributed by atoms with van der Waals surface area (Å²) >= 11 is 0. The number of sulfonamides is 1. The fourth-order valence-electron chi connectivity index (χ4n) is 4.68. The number of hydrogen-bond donors (Lipinski definition) is 0. The van der Waals surface area contributed by atoms with E-state index < -0.39 is 16.1 Å². The normalized spacial score (nSPS) is 29.5. The smallest absolute Gasteiger partial charge is 0.243 e. The summed E-state index contributed by atoms with van der Waals surface area (Å²) in [4.78, 5) is 15.5. The summed E-state index contributed by atoms with van der Waals surface area (Å²) in [6.07, 6.45) is 5.61. The lowest BCUT2D eigenvalue weighted by atomic mass is 9.89. The van der Waals surface area contributed by atoms with Gasteiger partial charge < -0.3 is 9.64 Å². The van der Waals surface area contributed by atoms with Crippen molar-refractivity contribution in [2.75, 3.05) is 19.7 Å². The van der Waals surface area contributed by atoms with Crippen LogP contribution < -0.4 is 0 Å². The summed E-state index contributed by atoms with van der Waals surface area (Å²) in [5.74, 6) is -0.0385. The van der Waals surface area contributed by atoms with E-state index in [4.69, 9.17) is 4.74 Å². The van der Waals surface area contributed by atoms with Crippen LogP contribution in [0, 0.1) is 6.92 Å². The second kappa shape index (κ2) is 7.53. The third kappa shape index (κ3) is 3.52. The molecule has 2 aliphatic heterocycles. The zero-order valence-corrected chi connectivity index (χ0v) is 16.7. The minimum Gasteiger partial charge on any atom is -0.374 e. The lowest BCUT2D eigenvalue weighted by molar-refractivity contribution is -0.152. The number of amides is 1. The largest absolute Gasteiger partial charge is 0.374 e. The molecule has 2 saturated heterocycles. The number of nitrogens with zero attached hydrogens (tertiary/aromatic N) is 2. The standard InChI is InChI=1S/C20H28N2O4S/c1-15-8-10-16(11-9-15)27(24,25)22-12-4-6-18(22)20(23)21-13-14-26-19-7-3-2-5-17(19)21/h8-11,17-19H,2-7,12-14H2,1H3/t17-,18+,19+/m1/s1. The van der Waals surface area contributed by atoms with E-state index in [-0.39, 0.29) is 22.9 Å². The zero-order valence-electron chi connectivity index (χ0n) is 15.8. The maximum atomic E-state index is 13.4. The highest BCUT2D eigenvalue weighted by atomic mass is 32.2. The van der Waals surface area contributed by atoms with Crippen LogP contribution in [0.4, 0.5) is 0 Å². The molecule has 148 valence electrons. The van der Waals surface area contributed by atoms with Crippen LogP contribution in [-0.4, -0.2) is 61.4 Å². The number of hydrogen-bond acceptors (Lipinski definition) is 4. The first kappa shape index (κ1) is 18.9. The quantitative estimate of drug-likeness (QED) is 0.792. The van der Waals surface area contributed by atoms with Gasteiger partial charge in [0.05, 0.1) is 23.6 Å². The van der Waals surface area contributed by atoms with Gasteiger partial charge in [0, 0.05) is 13.1 Å². The molecule has 2 heterocycles. The Labute approximate surface area is 161 Å². The van der Waals surface area contributed by atoms with E-state index in [9.17, 15) is 13.2 Å². The summed E-state index contributed by atoms with van der Waals surface area (Å²) < 4.78 is 33.6. The molecular formula is C20H28N2O4S. The maximum absolute atomic E-state index is 13.4. The molecule has 6 nitrogen and oxygen atoms in total. The van der Waals surface area contributed by atoms with Gasteiger partial charge in [0.1, 0.15) is 6.04 Å². The van der Waals surface area contributed by atoms with Crippen molar-refractivity contribution in [1.82, 2.24) is 9.21 Å². The van der Waals surface area contributed by atoms with E-state index >= 15 is 0 Å². The van der Waals surface area contributed by atoms with Crippen molar-refractivity contribution in [3.05, 3.63) is 29.8 Å². The molecule has 4 rings (SSSR count). The molecule has 0 spiro atoms. The average Bonchev–Trinajstić information content (AvgIpc) is 3.18. The van der Waals surface area contributed by atoms with Gasteiger partial charge in [-0.25, -0.2) is 8.42 Å². The Morgan fingerprint density at radius 2 is 1.78 bits per heavy atom. The first-order chi connectivity index (χ1) is 13.0. The van der Waals surface area contributed by atoms with E-state index in [2.05, 4.69) is 0 Å². The molecule has 0 unspecified atom stereocenters. The predicted octanol–water partition coefficient (Wildman–Crippen LogP) is 2.32. The zero-order chi connectivity index (χ0) is 19.0. The average molecular weight is 393 g/mol. The minimum atomic E-state index is -3.66. The number of benzene rings is 1. The summed E-state index contributed by atoms with van der Waals surface area (Å²) in [6.45, 7) is 3.45. The second-order valence-corrected chi connectivity index (χ2v) is 9.77. The van der Waals surface area contributed by atoms with Crippen molar-refractivity contribution in [2.45, 2.75) is 68.5 Å². The lowest BCUT2D eigenvalue weighted by Gasteiger charge is -2.45. The van der Waals surface area contributed by atoms with Gasteiger partial charge in [-0.15, -0.1) is 0 Å². The molecule has 0 radical (unpaired) electrons. The summed E-state index contributed by atoms with van der Waals surface area (Å²) in [5.41, 5.74) is 1.01. The number of aryl methyl sites for hydroxylation is 1. The van der Waals surface area contributed by atoms with Gasteiger partial charge in [-0.05, 0) is 44.7 Å². The third-order valence-electron chi connectivity index (χ3n) is 6.13. The third-order valence-corrected chi connectivity index (χ3v) is 8.05. The molecular weight excluding hydrogens is 364 g/mol. The van der Waals surface area contributed by atoms with Crippen molar-refractivity contribution in [2.24, 2.45) is 0 Å². The van der Waals surface area contributed by atoms with Crippen molar-refractivity contribution in [3.63, 3.8) is 0 Å². The van der Waals surface area contributed by atoms with Gasteiger partial charge in [0.15, 0.2) is 0 Å². The monoisotopic (exact) mass is 392 g/mol. The number of carbonyl (C=O) groups is 1. The number of fused-ring (bicyclic) bond motifs is 1. The Morgan fingerprint density at radius 1 is 1.04 bits per heavy atom. The van der Waals surface area contributed by atoms with E-state index in [0.717, 1.165) is 37.7 Å². The van der Waals surface area contributed by atoms with Crippen molar-refractivity contribution in [3.8, 4) is 0 Å². The maximum Gasteiger partial charge on any atom is 0.243 e. The molecule has 1 saturated carbocycles. The van der Waals surface area contributed by atoms with Gasteiger partial charge in [-0.3, -0.25) is 4.79 Å². The van der Waals surface area contributed by atoms with Crippen LogP contribution in [0.15, 0.2) is 29.2 Å². The summed E-state index contributed by atoms with van der Waals surface area (Å²) in [5, 5.41) is 0. The number of rotatable bonds is 3. The Morgan fingerprint density at radius 3 is 2.56 bits per heavy atom. The van der Waals surface area contributed by atoms with Crippen molar-refractivity contribution in [1.29, 1.82) is 0 Å². The van der Waals surface area contributed by atoms with Gasteiger partial charge in [-0.1, -0.05) is 30.5 Å². The molecule has 3 atom stereocenters. The lowest BCUT2D eigenvalue weighted by Crippen LogP contribution is -2.59. The fraction of sp³-hybridized carbons (Fsp3) is 0.650. The molecule has 7 heteroatoms. The molecule has 3 aliphatic rings. The molecule has 0 aromatic heterocycles. The predicted molar refractivity (Wildman–Crippen MR) is 102 cm³/mol. The summed E-state index contributed by atoms with van der Waals surface area (Å²) in [7, 11) is -3.66. The molecule has 1 amide bonds. The van der Waals surface area contributed by atoms with Gasteiger partial charge in [0.25, 0.3) is 0 Å². The number of ether oxygens (including phenoxy) is 1. The highest BCUT2D eigenvalue weighted by Crippen LogP contribution is 2.32. The Bertz CT molecular complexity index is 791. The van der Waals surface area contributed by atoms with E-state index in [0.29, 0.717) is 26.1 Å². The van der Waals surface area contributed by atoms with Crippen LogP contribution in [0.25, 0.3) is 0 Å². The number of morpholine rings is 1. The van der Waals surface area contributed by atoms with E-state index in [1.807, 2.05) is 11.8 Å². The van der Waals surface area contributed by atoms with Crippen LogP contribution >= 0.6 is 0 Å². The second-order valence-electron chi connectivity index (χ2n) is 7.88. The molecule has 3 fully saturated rings.